The molecule has 3 nitrogen and oxygen atoms in total. The van der Waals surface area contributed by atoms with Gasteiger partial charge in [-0.15, -0.1) is 0 Å². The molecule has 0 aromatic carbocycles. The highest BCUT2D eigenvalue weighted by Crippen LogP contribution is 2.14. The molecule has 1 aromatic heterocycles. The number of carbonyl (C=O) groups excluding carboxylic acids is 1. The summed E-state index contributed by atoms with van der Waals surface area (Å²) in [4.78, 5) is 10.8. The van der Waals surface area contributed by atoms with E-state index in [2.05, 4.69) is 0 Å². The largest absolute Gasteiger partial charge is 0.339 e. The van der Waals surface area contributed by atoms with Gasteiger partial charge in [-0.3, -0.25) is 9.47 Å². The number of nitrogens with zero attached hydrogens (tertiary/aromatic N) is 1. The van der Waals surface area contributed by atoms with E-state index in [1.54, 1.807) is 12.3 Å². The van der Waals surface area contributed by atoms with E-state index in [0.29, 0.717) is 10.7 Å². The van der Waals surface area contributed by atoms with Crippen molar-refractivity contribution in [1.82, 2.24) is 4.68 Å². The molecule has 0 spiro atoms. The minimum absolute atomic E-state index is 0.127. The highest BCUT2D eigenvalue weighted by molar-refractivity contribution is 6.33. The Morgan fingerprint density at radius 1 is 1.80 bits per heavy atom. The predicted molar refractivity (Wildman–Crippen MR) is 39.6 cm³/mol. The van der Waals surface area contributed by atoms with Crippen LogP contribution in [0, 0.1) is 0 Å². The predicted octanol–water partition coefficient (Wildman–Crippen LogP) is 1.06. The van der Waals surface area contributed by atoms with Gasteiger partial charge < -0.3 is 5.84 Å². The molecule has 1 rings (SSSR count). The molecule has 0 radical (unpaired) electrons. The number of aromatic nitrogens is 1. The van der Waals surface area contributed by atoms with Crippen LogP contribution in [0.1, 0.15) is 17.4 Å². The molecule has 0 unspecified atom stereocenters. The Bertz CT molecular complexity index is 247. The van der Waals surface area contributed by atoms with Crippen molar-refractivity contribution < 1.29 is 4.79 Å². The van der Waals surface area contributed by atoms with Gasteiger partial charge in [0, 0.05) is 13.1 Å². The molecule has 0 aliphatic carbocycles. The summed E-state index contributed by atoms with van der Waals surface area (Å²) in [6.45, 7) is 1.42. The summed E-state index contributed by atoms with van der Waals surface area (Å²) in [6.07, 6.45) is 1.54. The van der Waals surface area contributed by atoms with Crippen LogP contribution in [0.25, 0.3) is 0 Å². The number of rotatable bonds is 1. The van der Waals surface area contributed by atoms with Gasteiger partial charge in [-0.1, -0.05) is 11.6 Å². The average Bonchev–Trinajstić information content (AvgIpc) is 2.11. The summed E-state index contributed by atoms with van der Waals surface area (Å²) in [7, 11) is 0. The Labute approximate surface area is 63.4 Å². The topological polar surface area (TPSA) is 48.0 Å². The quantitative estimate of drug-likeness (QED) is 0.491. The van der Waals surface area contributed by atoms with Crippen molar-refractivity contribution in [3.05, 3.63) is 23.0 Å². The van der Waals surface area contributed by atoms with Gasteiger partial charge in [0.1, 0.15) is 5.69 Å². The Morgan fingerprint density at radius 3 is 2.60 bits per heavy atom. The normalized spacial score (nSPS) is 9.80. The molecule has 0 atom stereocenters. The summed E-state index contributed by atoms with van der Waals surface area (Å²) in [6, 6.07) is 1.58. The molecule has 0 aliphatic heterocycles. The van der Waals surface area contributed by atoms with Crippen molar-refractivity contribution in [2.24, 2.45) is 0 Å². The van der Waals surface area contributed by atoms with Crippen LogP contribution in [0.4, 0.5) is 0 Å². The number of hydrogen-bond acceptors (Lipinski definition) is 2. The average molecular weight is 159 g/mol. The first-order chi connectivity index (χ1) is 4.63. The smallest absolute Gasteiger partial charge is 0.179 e. The van der Waals surface area contributed by atoms with Gasteiger partial charge in [0.25, 0.3) is 0 Å². The molecule has 2 N–H and O–H groups in total. The van der Waals surface area contributed by atoms with Crippen LogP contribution >= 0.6 is 11.6 Å². The second-order valence-electron chi connectivity index (χ2n) is 1.98. The Balaban J connectivity index is 3.23. The maximum absolute atomic E-state index is 10.8. The van der Waals surface area contributed by atoms with Crippen LogP contribution < -0.4 is 5.84 Å². The Morgan fingerprint density at radius 2 is 2.40 bits per heavy atom. The van der Waals surface area contributed by atoms with Crippen LogP contribution in [0.5, 0.6) is 0 Å². The van der Waals surface area contributed by atoms with Gasteiger partial charge in [-0.25, -0.2) is 0 Å². The highest BCUT2D eigenvalue weighted by atomic mass is 35.5. The Hall–Kier alpha value is -0.960. The summed E-state index contributed by atoms with van der Waals surface area (Å²) in [5, 5.41) is 0.398. The van der Waals surface area contributed by atoms with E-state index in [0.717, 1.165) is 0 Å². The van der Waals surface area contributed by atoms with Gasteiger partial charge in [0.2, 0.25) is 0 Å². The standard InChI is InChI=1S/C6H7ClN2O/c1-4(10)6-5(7)2-3-9(6)8/h2-3H,8H2,1H3. The van der Waals surface area contributed by atoms with Gasteiger partial charge in [-0.2, -0.15) is 0 Å². The second-order valence-corrected chi connectivity index (χ2v) is 2.38. The lowest BCUT2D eigenvalue weighted by Gasteiger charge is -1.96. The van der Waals surface area contributed by atoms with E-state index >= 15 is 0 Å². The first-order valence-electron chi connectivity index (χ1n) is 2.76. The van der Waals surface area contributed by atoms with Gasteiger partial charge >= 0.3 is 0 Å². The number of halogens is 1. The maximum atomic E-state index is 10.8. The molecule has 54 valence electrons. The van der Waals surface area contributed by atoms with E-state index in [1.807, 2.05) is 0 Å². The molecule has 0 aliphatic rings. The first kappa shape index (κ1) is 7.15. The third-order valence-corrected chi connectivity index (χ3v) is 1.50. The molecule has 1 aromatic rings. The third kappa shape index (κ3) is 0.998. The summed E-state index contributed by atoms with van der Waals surface area (Å²) in [5.41, 5.74) is 0.349. The molecule has 0 saturated carbocycles. The fraction of sp³-hybridized carbons (Fsp3) is 0.167. The van der Waals surface area contributed by atoms with Crippen molar-refractivity contribution in [1.29, 1.82) is 0 Å². The molecular formula is C6H7ClN2O. The van der Waals surface area contributed by atoms with Crippen molar-refractivity contribution >= 4 is 17.4 Å². The van der Waals surface area contributed by atoms with Crippen molar-refractivity contribution in [2.75, 3.05) is 5.84 Å². The molecule has 4 heteroatoms. The van der Waals surface area contributed by atoms with E-state index in [1.165, 1.54) is 11.6 Å². The van der Waals surface area contributed by atoms with E-state index < -0.39 is 0 Å². The third-order valence-electron chi connectivity index (χ3n) is 1.20. The second kappa shape index (κ2) is 2.34. The fourth-order valence-electron chi connectivity index (χ4n) is 0.773. The molecular weight excluding hydrogens is 152 g/mol. The number of nitrogen functional groups attached to an aromatic ring is 1. The zero-order valence-electron chi connectivity index (χ0n) is 5.47. The van der Waals surface area contributed by atoms with Gasteiger partial charge in [-0.05, 0) is 6.07 Å². The summed E-state index contributed by atoms with van der Waals surface area (Å²) >= 11 is 5.62. The van der Waals surface area contributed by atoms with Crippen LogP contribution in [0.2, 0.25) is 5.02 Å². The van der Waals surface area contributed by atoms with Crippen LogP contribution in [-0.2, 0) is 0 Å². The minimum Gasteiger partial charge on any atom is -0.339 e. The van der Waals surface area contributed by atoms with Crippen LogP contribution in [0.3, 0.4) is 0 Å². The van der Waals surface area contributed by atoms with E-state index in [-0.39, 0.29) is 5.78 Å². The van der Waals surface area contributed by atoms with Crippen molar-refractivity contribution in [2.45, 2.75) is 6.92 Å². The van der Waals surface area contributed by atoms with Gasteiger partial charge in [0.15, 0.2) is 5.78 Å². The van der Waals surface area contributed by atoms with E-state index in [4.69, 9.17) is 17.4 Å². The lowest BCUT2D eigenvalue weighted by molar-refractivity contribution is 0.101. The number of ketones is 1. The molecule has 10 heavy (non-hydrogen) atoms. The molecule has 0 saturated heterocycles. The lowest BCUT2D eigenvalue weighted by atomic mass is 10.3. The van der Waals surface area contributed by atoms with Crippen LogP contribution in [-0.4, -0.2) is 10.5 Å². The van der Waals surface area contributed by atoms with Gasteiger partial charge in [0.05, 0.1) is 5.02 Å². The SMILES string of the molecule is CC(=O)c1c(Cl)ccn1N. The monoisotopic (exact) mass is 158 g/mol. The summed E-state index contributed by atoms with van der Waals surface area (Å²) < 4.78 is 1.21. The molecule has 0 amide bonds. The van der Waals surface area contributed by atoms with E-state index in [9.17, 15) is 4.79 Å². The molecule has 0 fully saturated rings. The zero-order valence-corrected chi connectivity index (χ0v) is 6.22. The minimum atomic E-state index is -0.127. The maximum Gasteiger partial charge on any atom is 0.179 e. The highest BCUT2D eigenvalue weighted by Gasteiger charge is 2.08. The fourth-order valence-corrected chi connectivity index (χ4v) is 1.06. The summed E-state index contributed by atoms with van der Waals surface area (Å²) in [5.74, 6) is 5.23. The lowest BCUT2D eigenvalue weighted by Crippen LogP contribution is -2.13. The molecule has 0 bridgehead atoms. The Kier molecular flexibility index (Phi) is 1.68. The number of nitrogens with two attached hydrogens (primary N) is 1. The van der Waals surface area contributed by atoms with Crippen molar-refractivity contribution in [3.63, 3.8) is 0 Å². The first-order valence-corrected chi connectivity index (χ1v) is 3.13. The zero-order chi connectivity index (χ0) is 7.72. The number of Topliss-reactive ketones (excluding diaryl/α,β-unsaturated/α-hetero) is 1. The van der Waals surface area contributed by atoms with Crippen molar-refractivity contribution in [3.8, 4) is 0 Å². The number of hydrogen-bond donors (Lipinski definition) is 1. The number of carbonyl (C=O) groups is 1. The molecule has 1 heterocycles. The van der Waals surface area contributed by atoms with Crippen LogP contribution in [0.15, 0.2) is 12.3 Å².